The first-order valence-electron chi connectivity index (χ1n) is 8.06. The number of amides is 2. The molecule has 1 aliphatic heterocycles. The molecule has 3 aromatic rings. The van der Waals surface area contributed by atoms with Gasteiger partial charge in [0.1, 0.15) is 0 Å². The van der Waals surface area contributed by atoms with Crippen LogP contribution in [-0.4, -0.2) is 37.8 Å². The SMILES string of the molecule is O=C(ON1C(=O)c2ccccc2C1=O)c1cn(-c2cccc(C(F)(F)F)c2)nn1. The Morgan fingerprint density at radius 2 is 1.62 bits per heavy atom. The fourth-order valence-electron chi connectivity index (χ4n) is 2.69. The number of hydrogen-bond acceptors (Lipinski definition) is 6. The first kappa shape index (κ1) is 18.3. The van der Waals surface area contributed by atoms with E-state index in [-0.39, 0.29) is 16.8 Å². The molecule has 0 bridgehead atoms. The average molecular weight is 402 g/mol. The summed E-state index contributed by atoms with van der Waals surface area (Å²) in [6.45, 7) is 0. The number of hydroxylamine groups is 2. The number of benzene rings is 2. The van der Waals surface area contributed by atoms with Crippen molar-refractivity contribution in [2.24, 2.45) is 0 Å². The van der Waals surface area contributed by atoms with Gasteiger partial charge >= 0.3 is 12.1 Å². The molecule has 8 nitrogen and oxygen atoms in total. The van der Waals surface area contributed by atoms with Gasteiger partial charge in [0.15, 0.2) is 5.69 Å². The van der Waals surface area contributed by atoms with Gasteiger partial charge in [-0.1, -0.05) is 28.5 Å². The summed E-state index contributed by atoms with van der Waals surface area (Å²) < 4.78 is 39.5. The van der Waals surface area contributed by atoms with Gasteiger partial charge in [-0.05, 0) is 30.3 Å². The van der Waals surface area contributed by atoms with Crippen molar-refractivity contribution in [1.82, 2.24) is 20.1 Å². The topological polar surface area (TPSA) is 94.4 Å². The number of carbonyl (C=O) groups is 3. The van der Waals surface area contributed by atoms with Gasteiger partial charge in [0, 0.05) is 0 Å². The van der Waals surface area contributed by atoms with Crippen LogP contribution in [0, 0.1) is 0 Å². The lowest BCUT2D eigenvalue weighted by Crippen LogP contribution is -2.32. The minimum Gasteiger partial charge on any atom is -0.322 e. The summed E-state index contributed by atoms with van der Waals surface area (Å²) in [7, 11) is 0. The number of hydrogen-bond donors (Lipinski definition) is 0. The van der Waals surface area contributed by atoms with Gasteiger partial charge < -0.3 is 4.84 Å². The molecule has 1 aliphatic rings. The largest absolute Gasteiger partial charge is 0.416 e. The fraction of sp³-hybridized carbons (Fsp3) is 0.0556. The smallest absolute Gasteiger partial charge is 0.322 e. The molecule has 146 valence electrons. The molecule has 2 amide bonds. The number of carbonyl (C=O) groups excluding carboxylic acids is 3. The number of nitrogens with zero attached hydrogens (tertiary/aromatic N) is 4. The predicted molar refractivity (Wildman–Crippen MR) is 88.7 cm³/mol. The standard InChI is InChI=1S/C18H9F3N4O4/c19-18(20,21)10-4-3-5-11(8-10)24-9-14(22-23-24)17(28)29-25-15(26)12-6-1-2-7-13(12)16(25)27/h1-9H. The Kier molecular flexibility index (Phi) is 4.14. The number of imide groups is 1. The van der Waals surface area contributed by atoms with Crippen LogP contribution >= 0.6 is 0 Å². The zero-order valence-corrected chi connectivity index (χ0v) is 14.3. The van der Waals surface area contributed by atoms with Crippen molar-refractivity contribution >= 4 is 17.8 Å². The highest BCUT2D eigenvalue weighted by molar-refractivity contribution is 6.21. The van der Waals surface area contributed by atoms with E-state index in [2.05, 4.69) is 10.3 Å². The second kappa shape index (κ2) is 6.55. The summed E-state index contributed by atoms with van der Waals surface area (Å²) in [6.07, 6.45) is -3.53. The summed E-state index contributed by atoms with van der Waals surface area (Å²) in [5, 5.41) is 7.43. The normalized spacial score (nSPS) is 13.6. The maximum Gasteiger partial charge on any atom is 0.416 e. The number of fused-ring (bicyclic) bond motifs is 1. The lowest BCUT2D eigenvalue weighted by atomic mass is 10.1. The van der Waals surface area contributed by atoms with Gasteiger partial charge in [0.05, 0.1) is 28.6 Å². The van der Waals surface area contributed by atoms with E-state index in [4.69, 9.17) is 4.84 Å². The molecular weight excluding hydrogens is 393 g/mol. The third-order valence-corrected chi connectivity index (χ3v) is 4.07. The molecule has 0 spiro atoms. The van der Waals surface area contributed by atoms with Gasteiger partial charge in [-0.15, -0.1) is 5.10 Å². The van der Waals surface area contributed by atoms with E-state index in [0.717, 1.165) is 23.0 Å². The number of aromatic nitrogens is 3. The summed E-state index contributed by atoms with van der Waals surface area (Å²) >= 11 is 0. The van der Waals surface area contributed by atoms with Crippen LogP contribution in [0.3, 0.4) is 0 Å². The minimum absolute atomic E-state index is 0.00658. The van der Waals surface area contributed by atoms with Gasteiger partial charge in [0.25, 0.3) is 11.8 Å². The highest BCUT2D eigenvalue weighted by atomic mass is 19.4. The van der Waals surface area contributed by atoms with Crippen molar-refractivity contribution in [2.45, 2.75) is 6.18 Å². The first-order valence-corrected chi connectivity index (χ1v) is 8.06. The Labute approximate surface area is 160 Å². The van der Waals surface area contributed by atoms with E-state index in [1.165, 1.54) is 24.3 Å². The Morgan fingerprint density at radius 1 is 0.966 bits per heavy atom. The lowest BCUT2D eigenvalue weighted by molar-refractivity contribution is -0.137. The van der Waals surface area contributed by atoms with Crippen LogP contribution in [0.15, 0.2) is 54.7 Å². The second-order valence-corrected chi connectivity index (χ2v) is 5.93. The molecule has 0 fully saturated rings. The fourth-order valence-corrected chi connectivity index (χ4v) is 2.69. The zero-order chi connectivity index (χ0) is 20.8. The predicted octanol–water partition coefficient (Wildman–Crippen LogP) is 2.65. The molecule has 29 heavy (non-hydrogen) atoms. The van der Waals surface area contributed by atoms with Crippen molar-refractivity contribution in [2.75, 3.05) is 0 Å². The molecule has 0 atom stereocenters. The molecule has 0 saturated carbocycles. The molecule has 1 aromatic heterocycles. The Hall–Kier alpha value is -4.02. The highest BCUT2D eigenvalue weighted by Crippen LogP contribution is 2.30. The van der Waals surface area contributed by atoms with Crippen LogP contribution in [0.5, 0.6) is 0 Å². The van der Waals surface area contributed by atoms with Crippen LogP contribution < -0.4 is 0 Å². The molecular formula is C18H9F3N4O4. The van der Waals surface area contributed by atoms with E-state index in [1.54, 1.807) is 12.1 Å². The van der Waals surface area contributed by atoms with E-state index >= 15 is 0 Å². The molecule has 0 aliphatic carbocycles. The van der Waals surface area contributed by atoms with Crippen molar-refractivity contribution in [3.05, 3.63) is 77.1 Å². The quantitative estimate of drug-likeness (QED) is 0.626. The Morgan fingerprint density at radius 3 is 2.24 bits per heavy atom. The molecule has 0 N–H and O–H groups in total. The van der Waals surface area contributed by atoms with Crippen molar-refractivity contribution in [1.29, 1.82) is 0 Å². The Balaban J connectivity index is 1.55. The van der Waals surface area contributed by atoms with Crippen LogP contribution in [-0.2, 0) is 11.0 Å². The highest BCUT2D eigenvalue weighted by Gasteiger charge is 2.39. The number of halogens is 3. The van der Waals surface area contributed by atoms with E-state index in [1.807, 2.05) is 0 Å². The maximum atomic E-state index is 12.8. The summed E-state index contributed by atoms with van der Waals surface area (Å²) in [6, 6.07) is 10.2. The van der Waals surface area contributed by atoms with Gasteiger partial charge in [-0.2, -0.15) is 13.2 Å². The zero-order valence-electron chi connectivity index (χ0n) is 14.3. The van der Waals surface area contributed by atoms with Gasteiger partial charge in [-0.3, -0.25) is 9.59 Å². The van der Waals surface area contributed by atoms with E-state index < -0.39 is 35.2 Å². The summed E-state index contributed by atoms with van der Waals surface area (Å²) in [5.74, 6) is -2.80. The molecule has 2 aromatic carbocycles. The van der Waals surface area contributed by atoms with E-state index in [0.29, 0.717) is 5.06 Å². The third-order valence-electron chi connectivity index (χ3n) is 4.07. The van der Waals surface area contributed by atoms with Crippen molar-refractivity contribution in [3.63, 3.8) is 0 Å². The van der Waals surface area contributed by atoms with Gasteiger partial charge in [-0.25, -0.2) is 9.48 Å². The maximum absolute atomic E-state index is 12.8. The van der Waals surface area contributed by atoms with Crippen LogP contribution in [0.1, 0.15) is 36.8 Å². The molecule has 0 saturated heterocycles. The lowest BCUT2D eigenvalue weighted by Gasteiger charge is -2.11. The van der Waals surface area contributed by atoms with Crippen molar-refractivity contribution < 1.29 is 32.4 Å². The Bertz CT molecular complexity index is 1120. The molecule has 2 heterocycles. The molecule has 0 radical (unpaired) electrons. The number of rotatable bonds is 3. The van der Waals surface area contributed by atoms with Gasteiger partial charge in [0.2, 0.25) is 0 Å². The van der Waals surface area contributed by atoms with Crippen LogP contribution in [0.4, 0.5) is 13.2 Å². The minimum atomic E-state index is -4.55. The monoisotopic (exact) mass is 402 g/mol. The van der Waals surface area contributed by atoms with E-state index in [9.17, 15) is 27.6 Å². The molecule has 11 heteroatoms. The number of alkyl halides is 3. The average Bonchev–Trinajstić information content (AvgIpc) is 3.28. The van der Waals surface area contributed by atoms with Crippen LogP contribution in [0.2, 0.25) is 0 Å². The third kappa shape index (κ3) is 3.22. The molecule has 0 unspecified atom stereocenters. The van der Waals surface area contributed by atoms with Crippen LogP contribution in [0.25, 0.3) is 5.69 Å². The second-order valence-electron chi connectivity index (χ2n) is 5.93. The summed E-state index contributed by atoms with van der Waals surface area (Å²) in [5.41, 5.74) is -1.14. The first-order chi connectivity index (χ1) is 13.8. The molecule has 4 rings (SSSR count). The van der Waals surface area contributed by atoms with Crippen molar-refractivity contribution in [3.8, 4) is 5.69 Å². The summed E-state index contributed by atoms with van der Waals surface area (Å²) in [4.78, 5) is 41.5.